The lowest BCUT2D eigenvalue weighted by atomic mass is 9.94. The zero-order valence-corrected chi connectivity index (χ0v) is 20.4. The third-order valence-corrected chi connectivity index (χ3v) is 6.20. The van der Waals surface area contributed by atoms with Crippen molar-refractivity contribution >= 4 is 23.2 Å². The molecule has 1 aliphatic heterocycles. The fourth-order valence-corrected chi connectivity index (χ4v) is 4.17. The Hall–Kier alpha value is -3.16. The predicted molar refractivity (Wildman–Crippen MR) is 132 cm³/mol. The third-order valence-electron chi connectivity index (χ3n) is 5.95. The van der Waals surface area contributed by atoms with E-state index in [1.165, 1.54) is 5.56 Å². The summed E-state index contributed by atoms with van der Waals surface area (Å²) in [5.41, 5.74) is 4.54. The quantitative estimate of drug-likeness (QED) is 0.387. The average molecular weight is 481 g/mol. The SMILES string of the molecule is CCOCCCN1C(=O)NC(c2ccc(Cl)cc2)C(c2nc(-c3ccc(CC)cc3)no2)=C1C. The lowest BCUT2D eigenvalue weighted by molar-refractivity contribution is 0.136. The highest BCUT2D eigenvalue weighted by Gasteiger charge is 2.35. The Morgan fingerprint density at radius 2 is 1.85 bits per heavy atom. The number of aryl methyl sites for hydroxylation is 1. The summed E-state index contributed by atoms with van der Waals surface area (Å²) in [4.78, 5) is 19.4. The number of halogens is 1. The first-order valence-electron chi connectivity index (χ1n) is 11.6. The van der Waals surface area contributed by atoms with Crippen LogP contribution in [0.2, 0.25) is 5.02 Å². The molecule has 3 aromatic rings. The largest absolute Gasteiger partial charge is 0.382 e. The molecule has 1 aromatic heterocycles. The predicted octanol–water partition coefficient (Wildman–Crippen LogP) is 5.88. The van der Waals surface area contributed by atoms with Gasteiger partial charge >= 0.3 is 6.03 Å². The molecule has 0 saturated heterocycles. The smallest absolute Gasteiger partial charge is 0.322 e. The molecule has 34 heavy (non-hydrogen) atoms. The zero-order valence-electron chi connectivity index (χ0n) is 19.7. The number of hydrogen-bond donors (Lipinski definition) is 1. The van der Waals surface area contributed by atoms with Crippen LogP contribution in [0.15, 0.2) is 58.8 Å². The number of carbonyl (C=O) groups excluding carboxylic acids is 1. The van der Waals surface area contributed by atoms with Crippen LogP contribution in [-0.4, -0.2) is 40.8 Å². The van der Waals surface area contributed by atoms with E-state index in [0.717, 1.165) is 35.2 Å². The molecular weight excluding hydrogens is 452 g/mol. The van der Waals surface area contributed by atoms with Crippen LogP contribution in [0, 0.1) is 0 Å². The fraction of sp³-hybridized carbons (Fsp3) is 0.346. The zero-order chi connectivity index (χ0) is 24.1. The maximum atomic E-state index is 13.0. The number of aromatic nitrogens is 2. The topological polar surface area (TPSA) is 80.5 Å². The van der Waals surface area contributed by atoms with Gasteiger partial charge < -0.3 is 14.6 Å². The van der Waals surface area contributed by atoms with Crippen molar-refractivity contribution in [3.8, 4) is 11.4 Å². The number of benzene rings is 2. The third kappa shape index (κ3) is 5.16. The van der Waals surface area contributed by atoms with Crippen LogP contribution in [0.5, 0.6) is 0 Å². The number of allylic oxidation sites excluding steroid dienone is 1. The summed E-state index contributed by atoms with van der Waals surface area (Å²) in [5, 5.41) is 7.96. The molecule has 8 heteroatoms. The van der Waals surface area contributed by atoms with Gasteiger partial charge in [0.05, 0.1) is 11.6 Å². The number of rotatable bonds is 9. The highest BCUT2D eigenvalue weighted by atomic mass is 35.5. The summed E-state index contributed by atoms with van der Waals surface area (Å²) in [6, 6.07) is 14.9. The maximum Gasteiger partial charge on any atom is 0.322 e. The van der Waals surface area contributed by atoms with E-state index in [1.54, 1.807) is 17.0 Å². The van der Waals surface area contributed by atoms with Gasteiger partial charge in [0, 0.05) is 36.0 Å². The van der Waals surface area contributed by atoms with Gasteiger partial charge in [0.1, 0.15) is 0 Å². The van der Waals surface area contributed by atoms with Gasteiger partial charge in [0.25, 0.3) is 5.89 Å². The molecule has 7 nitrogen and oxygen atoms in total. The fourth-order valence-electron chi connectivity index (χ4n) is 4.04. The Bertz CT molecular complexity index is 1160. The highest BCUT2D eigenvalue weighted by Crippen LogP contribution is 2.37. The highest BCUT2D eigenvalue weighted by molar-refractivity contribution is 6.30. The molecule has 2 amide bonds. The summed E-state index contributed by atoms with van der Waals surface area (Å²) in [7, 11) is 0. The average Bonchev–Trinajstić information content (AvgIpc) is 3.33. The molecule has 0 aliphatic carbocycles. The minimum Gasteiger partial charge on any atom is -0.382 e. The van der Waals surface area contributed by atoms with E-state index in [0.29, 0.717) is 36.5 Å². The number of hydrogen-bond acceptors (Lipinski definition) is 5. The van der Waals surface area contributed by atoms with Crippen molar-refractivity contribution in [2.45, 2.75) is 39.7 Å². The lowest BCUT2D eigenvalue weighted by Crippen LogP contribution is -2.46. The van der Waals surface area contributed by atoms with Gasteiger partial charge in [-0.15, -0.1) is 0 Å². The van der Waals surface area contributed by atoms with Crippen molar-refractivity contribution in [3.05, 3.63) is 76.3 Å². The molecule has 1 atom stereocenters. The maximum absolute atomic E-state index is 13.0. The molecule has 1 aliphatic rings. The Morgan fingerprint density at radius 1 is 1.12 bits per heavy atom. The second-order valence-electron chi connectivity index (χ2n) is 8.11. The molecule has 178 valence electrons. The van der Waals surface area contributed by atoms with Gasteiger partial charge in [0.2, 0.25) is 5.82 Å². The van der Waals surface area contributed by atoms with Crippen molar-refractivity contribution in [3.63, 3.8) is 0 Å². The summed E-state index contributed by atoms with van der Waals surface area (Å²) in [5.74, 6) is 0.884. The van der Waals surface area contributed by atoms with E-state index < -0.39 is 6.04 Å². The molecule has 2 aromatic carbocycles. The lowest BCUT2D eigenvalue weighted by Gasteiger charge is -2.35. The van der Waals surface area contributed by atoms with Crippen LogP contribution in [0.1, 0.15) is 50.3 Å². The van der Waals surface area contributed by atoms with E-state index >= 15 is 0 Å². The summed E-state index contributed by atoms with van der Waals surface area (Å²) < 4.78 is 11.2. The molecule has 0 fully saturated rings. The molecular formula is C26H29ClN4O3. The summed E-state index contributed by atoms with van der Waals surface area (Å²) in [6.07, 6.45) is 1.68. The number of amides is 2. The Labute approximate surface area is 204 Å². The van der Waals surface area contributed by atoms with Crippen molar-refractivity contribution in [2.75, 3.05) is 19.8 Å². The second kappa shape index (κ2) is 10.8. The number of urea groups is 1. The summed E-state index contributed by atoms with van der Waals surface area (Å²) >= 11 is 6.10. The van der Waals surface area contributed by atoms with E-state index in [9.17, 15) is 4.79 Å². The van der Waals surface area contributed by atoms with Crippen LogP contribution in [0.25, 0.3) is 17.0 Å². The Morgan fingerprint density at radius 3 is 2.53 bits per heavy atom. The van der Waals surface area contributed by atoms with Gasteiger partial charge in [-0.2, -0.15) is 4.98 Å². The number of ether oxygens (including phenoxy) is 1. The van der Waals surface area contributed by atoms with Crippen LogP contribution >= 0.6 is 11.6 Å². The van der Waals surface area contributed by atoms with E-state index in [2.05, 4.69) is 29.5 Å². The van der Waals surface area contributed by atoms with Crippen LogP contribution < -0.4 is 5.32 Å². The van der Waals surface area contributed by atoms with Crippen LogP contribution in [0.4, 0.5) is 4.79 Å². The monoisotopic (exact) mass is 480 g/mol. The van der Waals surface area contributed by atoms with Gasteiger partial charge in [-0.1, -0.05) is 60.1 Å². The standard InChI is InChI=1S/C26H29ClN4O3/c1-4-18-7-9-20(10-8-18)24-29-25(34-30-24)22-17(3)31(15-6-16-33-5-2)26(32)28-23(22)19-11-13-21(27)14-12-19/h7-14,23H,4-6,15-16H2,1-3H3,(H,28,32). The number of nitrogens with one attached hydrogen (secondary N) is 1. The summed E-state index contributed by atoms with van der Waals surface area (Å²) in [6.45, 7) is 7.74. The van der Waals surface area contributed by atoms with Gasteiger partial charge in [-0.05, 0) is 49.9 Å². The first kappa shape index (κ1) is 24.0. The molecule has 0 spiro atoms. The van der Waals surface area contributed by atoms with Crippen molar-refractivity contribution in [1.82, 2.24) is 20.4 Å². The van der Waals surface area contributed by atoms with Gasteiger partial charge in [-0.3, -0.25) is 4.90 Å². The molecule has 0 saturated carbocycles. The van der Waals surface area contributed by atoms with Crippen LogP contribution in [0.3, 0.4) is 0 Å². The molecule has 1 N–H and O–H groups in total. The normalized spacial score (nSPS) is 16.2. The number of carbonyl (C=O) groups is 1. The van der Waals surface area contributed by atoms with Gasteiger partial charge in [0.15, 0.2) is 0 Å². The minimum atomic E-state index is -0.441. The second-order valence-corrected chi connectivity index (χ2v) is 8.55. The molecule has 4 rings (SSSR count). The Kier molecular flexibility index (Phi) is 7.65. The van der Waals surface area contributed by atoms with Crippen molar-refractivity contribution in [2.24, 2.45) is 0 Å². The molecule has 0 radical (unpaired) electrons. The first-order valence-corrected chi connectivity index (χ1v) is 11.9. The first-order chi connectivity index (χ1) is 16.5. The van der Waals surface area contributed by atoms with Gasteiger partial charge in [-0.25, -0.2) is 4.79 Å². The van der Waals surface area contributed by atoms with Crippen LogP contribution in [-0.2, 0) is 11.2 Å². The van der Waals surface area contributed by atoms with Crippen molar-refractivity contribution in [1.29, 1.82) is 0 Å². The molecule has 1 unspecified atom stereocenters. The molecule has 2 heterocycles. The van der Waals surface area contributed by atoms with E-state index in [-0.39, 0.29) is 6.03 Å². The van der Waals surface area contributed by atoms with E-state index in [1.807, 2.05) is 38.1 Å². The minimum absolute atomic E-state index is 0.174. The number of nitrogens with zero attached hydrogens (tertiary/aromatic N) is 3. The Balaban J connectivity index is 1.71. The molecule has 0 bridgehead atoms. The van der Waals surface area contributed by atoms with E-state index in [4.69, 9.17) is 25.8 Å². The van der Waals surface area contributed by atoms with Crippen molar-refractivity contribution < 1.29 is 14.1 Å².